The van der Waals surface area contributed by atoms with Gasteiger partial charge in [0.2, 0.25) is 0 Å². The molecule has 4 nitrogen and oxygen atoms in total. The van der Waals surface area contributed by atoms with E-state index in [1.807, 2.05) is 24.3 Å². The van der Waals surface area contributed by atoms with E-state index in [0.29, 0.717) is 17.8 Å². The molecule has 3 N–H and O–H groups in total. The van der Waals surface area contributed by atoms with Gasteiger partial charge in [0.15, 0.2) is 0 Å². The minimum absolute atomic E-state index is 0.392. The van der Waals surface area contributed by atoms with Gasteiger partial charge in [0.1, 0.15) is 11.6 Å². The van der Waals surface area contributed by atoms with Crippen molar-refractivity contribution >= 4 is 5.82 Å². The predicted molar refractivity (Wildman–Crippen MR) is 99.3 cm³/mol. The molecule has 0 aliphatic carbocycles. The molecule has 4 heteroatoms. The van der Waals surface area contributed by atoms with Crippen LogP contribution in [0.5, 0.6) is 5.75 Å². The zero-order valence-electron chi connectivity index (χ0n) is 14.6. The number of rotatable bonds is 6. The Morgan fingerprint density at radius 1 is 1.29 bits per heavy atom. The summed E-state index contributed by atoms with van der Waals surface area (Å²) in [6, 6.07) is 12.7. The molecule has 1 aliphatic rings. The molecule has 3 rings (SSSR count). The first-order valence-electron chi connectivity index (χ1n) is 8.86. The third kappa shape index (κ3) is 4.06. The molecule has 1 unspecified atom stereocenters. The Hall–Kier alpha value is -2.07. The molecule has 128 valence electrons. The van der Waals surface area contributed by atoms with Crippen molar-refractivity contribution < 1.29 is 4.74 Å². The summed E-state index contributed by atoms with van der Waals surface area (Å²) in [4.78, 5) is 4.46. The summed E-state index contributed by atoms with van der Waals surface area (Å²) in [5.41, 5.74) is 9.12. The van der Waals surface area contributed by atoms with Gasteiger partial charge in [-0.2, -0.15) is 0 Å². The number of pyridine rings is 1. The largest absolute Gasteiger partial charge is 0.494 e. The van der Waals surface area contributed by atoms with Crippen molar-refractivity contribution in [1.29, 1.82) is 0 Å². The fourth-order valence-electron chi connectivity index (χ4n) is 3.27. The summed E-state index contributed by atoms with van der Waals surface area (Å²) >= 11 is 0. The lowest BCUT2D eigenvalue weighted by molar-refractivity contribution is 0.292. The lowest BCUT2D eigenvalue weighted by Crippen LogP contribution is -2.23. The summed E-state index contributed by atoms with van der Waals surface area (Å²) < 4.78 is 5.99. The third-order valence-corrected chi connectivity index (χ3v) is 4.59. The minimum atomic E-state index is 0.392. The zero-order valence-corrected chi connectivity index (χ0v) is 14.6. The quantitative estimate of drug-likeness (QED) is 0.843. The van der Waals surface area contributed by atoms with Gasteiger partial charge in [-0.15, -0.1) is 0 Å². The Kier molecular flexibility index (Phi) is 5.36. The Bertz CT molecular complexity index is 678. The predicted octanol–water partition coefficient (Wildman–Crippen LogP) is 3.98. The van der Waals surface area contributed by atoms with Crippen LogP contribution in [0.4, 0.5) is 5.82 Å². The van der Waals surface area contributed by atoms with Crippen LogP contribution < -0.4 is 15.8 Å². The highest BCUT2D eigenvalue weighted by molar-refractivity contribution is 5.67. The van der Waals surface area contributed by atoms with E-state index in [9.17, 15) is 0 Å². The molecule has 2 aromatic rings. The molecule has 2 heterocycles. The molecule has 1 aliphatic heterocycles. The first-order valence-corrected chi connectivity index (χ1v) is 8.86. The number of nitrogen functional groups attached to an aromatic ring is 1. The highest BCUT2D eigenvalue weighted by Gasteiger charge is 2.15. The Morgan fingerprint density at radius 3 is 2.88 bits per heavy atom. The molecule has 1 aromatic carbocycles. The van der Waals surface area contributed by atoms with Crippen molar-refractivity contribution in [2.75, 3.05) is 18.9 Å². The van der Waals surface area contributed by atoms with Crippen LogP contribution >= 0.6 is 0 Å². The van der Waals surface area contributed by atoms with Crippen molar-refractivity contribution in [2.24, 2.45) is 0 Å². The number of aromatic nitrogens is 1. The van der Waals surface area contributed by atoms with Crippen LogP contribution in [0.25, 0.3) is 11.3 Å². The lowest BCUT2D eigenvalue weighted by atomic mass is 9.94. The molecule has 1 aromatic heterocycles. The van der Waals surface area contributed by atoms with Gasteiger partial charge in [0, 0.05) is 11.6 Å². The van der Waals surface area contributed by atoms with E-state index in [4.69, 9.17) is 10.5 Å². The van der Waals surface area contributed by atoms with Crippen LogP contribution in [0.15, 0.2) is 36.4 Å². The maximum Gasteiger partial charge on any atom is 0.124 e. The van der Waals surface area contributed by atoms with E-state index in [-0.39, 0.29) is 0 Å². The maximum absolute atomic E-state index is 5.99. The average molecular weight is 325 g/mol. The SMILES string of the molecule is CC(C)c1cc(OCCC2CCCN2)ccc1-c1cccc(N)n1. The molecule has 24 heavy (non-hydrogen) atoms. The number of hydrogen-bond donors (Lipinski definition) is 2. The number of anilines is 1. The second-order valence-electron chi connectivity index (χ2n) is 6.78. The summed E-state index contributed by atoms with van der Waals surface area (Å²) in [6.45, 7) is 6.28. The standard InChI is InChI=1S/C20H27N3O/c1-14(2)18-13-16(24-12-10-15-5-4-11-22-15)8-9-17(18)19-6-3-7-20(21)23-19/h3,6-9,13-15,22H,4-5,10-12H2,1-2H3,(H2,21,23). The van der Waals surface area contributed by atoms with Crippen molar-refractivity contribution in [3.8, 4) is 17.0 Å². The number of nitrogens with one attached hydrogen (secondary N) is 1. The Morgan fingerprint density at radius 2 is 2.17 bits per heavy atom. The molecule has 1 atom stereocenters. The van der Waals surface area contributed by atoms with Gasteiger partial charge in [-0.25, -0.2) is 4.98 Å². The number of hydrogen-bond acceptors (Lipinski definition) is 4. The summed E-state index contributed by atoms with van der Waals surface area (Å²) in [7, 11) is 0. The highest BCUT2D eigenvalue weighted by atomic mass is 16.5. The van der Waals surface area contributed by atoms with E-state index in [1.165, 1.54) is 18.4 Å². The van der Waals surface area contributed by atoms with E-state index in [1.54, 1.807) is 0 Å². The Balaban J connectivity index is 1.74. The van der Waals surface area contributed by atoms with Crippen LogP contribution in [0.3, 0.4) is 0 Å². The number of nitrogens with zero attached hydrogens (tertiary/aromatic N) is 1. The second-order valence-corrected chi connectivity index (χ2v) is 6.78. The van der Waals surface area contributed by atoms with Crippen molar-refractivity contribution in [3.63, 3.8) is 0 Å². The van der Waals surface area contributed by atoms with E-state index < -0.39 is 0 Å². The fourth-order valence-corrected chi connectivity index (χ4v) is 3.27. The fraction of sp³-hybridized carbons (Fsp3) is 0.450. The van der Waals surface area contributed by atoms with E-state index >= 15 is 0 Å². The van der Waals surface area contributed by atoms with Crippen LogP contribution in [-0.2, 0) is 0 Å². The number of nitrogens with two attached hydrogens (primary N) is 1. The average Bonchev–Trinajstić information content (AvgIpc) is 3.08. The molecular formula is C20H27N3O. The first-order chi connectivity index (χ1) is 11.6. The highest BCUT2D eigenvalue weighted by Crippen LogP contribution is 2.32. The van der Waals surface area contributed by atoms with E-state index in [0.717, 1.165) is 36.6 Å². The number of benzene rings is 1. The second kappa shape index (κ2) is 7.67. The lowest BCUT2D eigenvalue weighted by Gasteiger charge is -2.16. The monoisotopic (exact) mass is 325 g/mol. The summed E-state index contributed by atoms with van der Waals surface area (Å²) in [6.07, 6.45) is 3.61. The number of ether oxygens (including phenoxy) is 1. The Labute approximate surface area is 144 Å². The summed E-state index contributed by atoms with van der Waals surface area (Å²) in [5, 5.41) is 3.51. The third-order valence-electron chi connectivity index (χ3n) is 4.59. The van der Waals surface area contributed by atoms with E-state index in [2.05, 4.69) is 36.3 Å². The van der Waals surface area contributed by atoms with Crippen LogP contribution in [0, 0.1) is 0 Å². The zero-order chi connectivity index (χ0) is 16.9. The molecule has 0 bridgehead atoms. The van der Waals surface area contributed by atoms with Gasteiger partial charge in [-0.3, -0.25) is 0 Å². The van der Waals surface area contributed by atoms with Crippen LogP contribution in [-0.4, -0.2) is 24.2 Å². The molecule has 0 amide bonds. The minimum Gasteiger partial charge on any atom is -0.494 e. The molecule has 1 fully saturated rings. The molecule has 0 radical (unpaired) electrons. The van der Waals surface area contributed by atoms with Crippen molar-refractivity contribution in [1.82, 2.24) is 10.3 Å². The van der Waals surface area contributed by atoms with Crippen molar-refractivity contribution in [2.45, 2.75) is 45.1 Å². The van der Waals surface area contributed by atoms with Crippen molar-refractivity contribution in [3.05, 3.63) is 42.0 Å². The maximum atomic E-state index is 5.99. The normalized spacial score (nSPS) is 17.4. The first kappa shape index (κ1) is 16.8. The van der Waals surface area contributed by atoms with Gasteiger partial charge in [0.25, 0.3) is 0 Å². The smallest absolute Gasteiger partial charge is 0.124 e. The van der Waals surface area contributed by atoms with Gasteiger partial charge < -0.3 is 15.8 Å². The topological polar surface area (TPSA) is 60.2 Å². The molecule has 0 spiro atoms. The van der Waals surface area contributed by atoms with Crippen LogP contribution in [0.1, 0.15) is 44.6 Å². The summed E-state index contributed by atoms with van der Waals surface area (Å²) in [5.74, 6) is 1.87. The van der Waals surface area contributed by atoms with Gasteiger partial charge in [0.05, 0.1) is 12.3 Å². The van der Waals surface area contributed by atoms with Crippen LogP contribution in [0.2, 0.25) is 0 Å². The van der Waals surface area contributed by atoms with Gasteiger partial charge >= 0.3 is 0 Å². The van der Waals surface area contributed by atoms with Gasteiger partial charge in [-0.05, 0) is 67.6 Å². The molecular weight excluding hydrogens is 298 g/mol. The van der Waals surface area contributed by atoms with Gasteiger partial charge in [-0.1, -0.05) is 19.9 Å². The molecule has 1 saturated heterocycles. The molecule has 0 saturated carbocycles.